The van der Waals surface area contributed by atoms with Gasteiger partial charge in [0, 0.05) is 0 Å². The molecule has 0 radical (unpaired) electrons. The van der Waals surface area contributed by atoms with E-state index in [4.69, 9.17) is 5.26 Å². The van der Waals surface area contributed by atoms with Gasteiger partial charge in [-0.25, -0.2) is 0 Å². The Hall–Kier alpha value is -1.84. The zero-order chi connectivity index (χ0) is 15.9. The Labute approximate surface area is 141 Å². The number of hydrogen-bond donors (Lipinski definition) is 0. The van der Waals surface area contributed by atoms with Gasteiger partial charge in [-0.1, -0.05) is 48.5 Å². The fourth-order valence-electron chi connectivity index (χ4n) is 2.88. The minimum Gasteiger partial charge on any atom is -0.300 e. The molecule has 0 spiro atoms. The van der Waals surface area contributed by atoms with Crippen LogP contribution in [0.4, 0.5) is 0 Å². The molecular weight excluding hydrogens is 306 g/mol. The van der Waals surface area contributed by atoms with Crippen LogP contribution in [-0.2, 0) is 13.1 Å². The summed E-state index contributed by atoms with van der Waals surface area (Å²) in [6, 6.07) is 12.5. The molecule has 0 N–H and O–H groups in total. The lowest BCUT2D eigenvalue weighted by atomic mass is 10.1. The summed E-state index contributed by atoms with van der Waals surface area (Å²) in [5, 5.41) is 18.4. The summed E-state index contributed by atoms with van der Waals surface area (Å²) in [4.78, 5) is 2.45. The van der Waals surface area contributed by atoms with E-state index in [2.05, 4.69) is 37.9 Å². The van der Waals surface area contributed by atoms with E-state index in [0.717, 1.165) is 37.2 Å². The van der Waals surface area contributed by atoms with E-state index in [1.54, 1.807) is 0 Å². The molecule has 0 saturated carbocycles. The smallest absolute Gasteiger partial charge is 0.192 e. The second-order valence-corrected chi connectivity index (χ2v) is 6.70. The van der Waals surface area contributed by atoms with E-state index >= 15 is 0 Å². The fourth-order valence-corrected chi connectivity index (χ4v) is 3.50. The summed E-state index contributed by atoms with van der Waals surface area (Å²) in [6.07, 6.45) is 3.86. The molecule has 1 fully saturated rings. The maximum absolute atomic E-state index is 8.84. The van der Waals surface area contributed by atoms with E-state index < -0.39 is 0 Å². The molecule has 120 valence electrons. The highest BCUT2D eigenvalue weighted by Crippen LogP contribution is 2.20. The van der Waals surface area contributed by atoms with Crippen LogP contribution in [0.2, 0.25) is 0 Å². The van der Waals surface area contributed by atoms with Gasteiger partial charge in [0.1, 0.15) is 5.82 Å². The van der Waals surface area contributed by atoms with Gasteiger partial charge in [-0.15, -0.1) is 10.2 Å². The van der Waals surface area contributed by atoms with Crippen molar-refractivity contribution in [1.29, 1.82) is 5.26 Å². The molecule has 2 heterocycles. The Morgan fingerprint density at radius 1 is 1.04 bits per heavy atom. The van der Waals surface area contributed by atoms with Crippen LogP contribution in [0, 0.1) is 11.3 Å². The molecule has 1 saturated heterocycles. The lowest BCUT2D eigenvalue weighted by Gasteiger charge is -2.26. The minimum absolute atomic E-state index is 0.399. The van der Waals surface area contributed by atoms with Crippen LogP contribution in [0.3, 0.4) is 0 Å². The molecule has 1 aromatic heterocycles. The Morgan fingerprint density at radius 3 is 2.57 bits per heavy atom. The highest BCUT2D eigenvalue weighted by atomic mass is 32.2. The maximum atomic E-state index is 8.84. The standard InChI is InChI=1S/C17H21N5S/c18-9-12-23-17-20-19-16(14-21-10-5-2-6-11-21)22(17)13-15-7-3-1-4-8-15/h1,3-4,7-8H,2,5-6,10-14H2. The summed E-state index contributed by atoms with van der Waals surface area (Å²) in [5.41, 5.74) is 1.23. The van der Waals surface area contributed by atoms with Gasteiger partial charge in [0.05, 0.1) is 24.9 Å². The highest BCUT2D eigenvalue weighted by molar-refractivity contribution is 7.99. The van der Waals surface area contributed by atoms with Crippen LogP contribution in [0.5, 0.6) is 0 Å². The van der Waals surface area contributed by atoms with Gasteiger partial charge in [0.25, 0.3) is 0 Å². The molecule has 6 heteroatoms. The van der Waals surface area contributed by atoms with Crippen LogP contribution in [0.1, 0.15) is 30.7 Å². The van der Waals surface area contributed by atoms with Crippen molar-refractivity contribution in [2.24, 2.45) is 0 Å². The number of likely N-dealkylation sites (tertiary alicyclic amines) is 1. The SMILES string of the molecule is N#CCSc1nnc(CN2CCCCC2)n1Cc1ccccc1. The summed E-state index contributed by atoms with van der Waals surface area (Å²) in [6.45, 7) is 3.87. The third kappa shape index (κ3) is 4.34. The Morgan fingerprint density at radius 2 is 1.83 bits per heavy atom. The molecule has 0 unspecified atom stereocenters. The first-order chi connectivity index (χ1) is 11.4. The molecule has 0 bridgehead atoms. The van der Waals surface area contributed by atoms with E-state index in [-0.39, 0.29) is 0 Å². The second kappa shape index (κ2) is 8.14. The van der Waals surface area contributed by atoms with E-state index in [1.807, 2.05) is 18.2 Å². The van der Waals surface area contributed by atoms with Crippen LogP contribution < -0.4 is 0 Å². The third-order valence-electron chi connectivity index (χ3n) is 4.06. The monoisotopic (exact) mass is 327 g/mol. The first-order valence-electron chi connectivity index (χ1n) is 8.05. The number of aromatic nitrogens is 3. The van der Waals surface area contributed by atoms with Crippen molar-refractivity contribution in [1.82, 2.24) is 19.7 Å². The quantitative estimate of drug-likeness (QED) is 0.764. The lowest BCUT2D eigenvalue weighted by Crippen LogP contribution is -2.30. The zero-order valence-electron chi connectivity index (χ0n) is 13.2. The first-order valence-corrected chi connectivity index (χ1v) is 9.03. The van der Waals surface area contributed by atoms with Crippen molar-refractivity contribution in [3.8, 4) is 6.07 Å². The number of piperidine rings is 1. The molecule has 5 nitrogen and oxygen atoms in total. The number of nitrogens with zero attached hydrogens (tertiary/aromatic N) is 5. The minimum atomic E-state index is 0.399. The number of benzene rings is 1. The summed E-state index contributed by atoms with van der Waals surface area (Å²) in [5.74, 6) is 1.40. The summed E-state index contributed by atoms with van der Waals surface area (Å²) >= 11 is 1.46. The normalized spacial score (nSPS) is 15.4. The molecule has 23 heavy (non-hydrogen) atoms. The molecular formula is C17H21N5S. The van der Waals surface area contributed by atoms with Gasteiger partial charge in [-0.2, -0.15) is 5.26 Å². The average molecular weight is 327 g/mol. The van der Waals surface area contributed by atoms with Gasteiger partial charge >= 0.3 is 0 Å². The van der Waals surface area contributed by atoms with Crippen molar-refractivity contribution < 1.29 is 0 Å². The molecule has 1 aliphatic heterocycles. The van der Waals surface area contributed by atoms with Crippen LogP contribution >= 0.6 is 11.8 Å². The van der Waals surface area contributed by atoms with Gasteiger partial charge in [-0.05, 0) is 31.5 Å². The molecule has 0 atom stereocenters. The number of thioether (sulfide) groups is 1. The van der Waals surface area contributed by atoms with Crippen molar-refractivity contribution >= 4 is 11.8 Å². The largest absolute Gasteiger partial charge is 0.300 e. The van der Waals surface area contributed by atoms with Gasteiger partial charge < -0.3 is 4.57 Å². The van der Waals surface area contributed by atoms with Crippen molar-refractivity contribution in [3.05, 3.63) is 41.7 Å². The summed E-state index contributed by atoms with van der Waals surface area (Å²) in [7, 11) is 0. The topological polar surface area (TPSA) is 57.7 Å². The maximum Gasteiger partial charge on any atom is 0.192 e. The number of hydrogen-bond acceptors (Lipinski definition) is 5. The first kappa shape index (κ1) is 16.0. The number of rotatable bonds is 6. The highest BCUT2D eigenvalue weighted by Gasteiger charge is 2.17. The Balaban J connectivity index is 1.80. The average Bonchev–Trinajstić information content (AvgIpc) is 2.96. The second-order valence-electron chi connectivity index (χ2n) is 5.75. The van der Waals surface area contributed by atoms with Gasteiger partial charge in [-0.3, -0.25) is 4.90 Å². The molecule has 0 amide bonds. The van der Waals surface area contributed by atoms with Crippen LogP contribution in [0.25, 0.3) is 0 Å². The third-order valence-corrected chi connectivity index (χ3v) is 4.89. The van der Waals surface area contributed by atoms with E-state index in [0.29, 0.717) is 5.75 Å². The number of nitriles is 1. The zero-order valence-corrected chi connectivity index (χ0v) is 14.0. The lowest BCUT2D eigenvalue weighted by molar-refractivity contribution is 0.213. The fraction of sp³-hybridized carbons (Fsp3) is 0.471. The van der Waals surface area contributed by atoms with Crippen molar-refractivity contribution in [2.75, 3.05) is 18.8 Å². The van der Waals surface area contributed by atoms with Gasteiger partial charge in [0.2, 0.25) is 0 Å². The van der Waals surface area contributed by atoms with E-state index in [1.165, 1.54) is 36.6 Å². The molecule has 0 aliphatic carbocycles. The molecule has 1 aliphatic rings. The molecule has 1 aromatic carbocycles. The Kier molecular flexibility index (Phi) is 5.67. The predicted molar refractivity (Wildman–Crippen MR) is 91.0 cm³/mol. The van der Waals surface area contributed by atoms with Crippen LogP contribution in [-0.4, -0.2) is 38.5 Å². The molecule has 3 rings (SSSR count). The van der Waals surface area contributed by atoms with E-state index in [9.17, 15) is 0 Å². The van der Waals surface area contributed by atoms with Crippen molar-refractivity contribution in [3.63, 3.8) is 0 Å². The van der Waals surface area contributed by atoms with Gasteiger partial charge in [0.15, 0.2) is 5.16 Å². The molecule has 2 aromatic rings. The summed E-state index contributed by atoms with van der Waals surface area (Å²) < 4.78 is 2.16. The van der Waals surface area contributed by atoms with Crippen LogP contribution in [0.15, 0.2) is 35.5 Å². The Bertz CT molecular complexity index is 655. The predicted octanol–water partition coefficient (Wildman–Crippen LogP) is 2.93. The van der Waals surface area contributed by atoms with Crippen molar-refractivity contribution in [2.45, 2.75) is 37.5 Å².